The smallest absolute Gasteiger partial charge is 0.295 e. The Morgan fingerprint density at radius 1 is 1.35 bits per heavy atom. The summed E-state index contributed by atoms with van der Waals surface area (Å²) in [5.41, 5.74) is 6.85. The van der Waals surface area contributed by atoms with Crippen molar-refractivity contribution in [2.75, 3.05) is 6.54 Å². The number of nitrogens with one attached hydrogen (secondary N) is 1. The van der Waals surface area contributed by atoms with Crippen molar-refractivity contribution < 1.29 is 14.3 Å². The van der Waals surface area contributed by atoms with Crippen LogP contribution in [0.5, 0.6) is 0 Å². The summed E-state index contributed by atoms with van der Waals surface area (Å²) in [6.07, 6.45) is 3.23. The molecule has 3 N–H and O–H groups in total. The highest BCUT2D eigenvalue weighted by Gasteiger charge is 2.13. The van der Waals surface area contributed by atoms with Gasteiger partial charge < -0.3 is 15.8 Å². The Balaban J connectivity index is 2.58. The SMILES string of the molecule is C=Cc1ccc(C(=O)NC(CCCCN)OC=O)cc1. The van der Waals surface area contributed by atoms with Crippen molar-refractivity contribution >= 4 is 18.5 Å². The van der Waals surface area contributed by atoms with Crippen molar-refractivity contribution in [2.45, 2.75) is 25.5 Å². The van der Waals surface area contributed by atoms with Crippen molar-refractivity contribution in [3.8, 4) is 0 Å². The summed E-state index contributed by atoms with van der Waals surface area (Å²) < 4.78 is 4.86. The maximum Gasteiger partial charge on any atom is 0.295 e. The van der Waals surface area contributed by atoms with Crippen LogP contribution >= 0.6 is 0 Å². The second-order valence-electron chi connectivity index (χ2n) is 4.31. The maximum absolute atomic E-state index is 12.0. The first-order valence-corrected chi connectivity index (χ1v) is 6.53. The van der Waals surface area contributed by atoms with Crippen molar-refractivity contribution in [3.05, 3.63) is 42.0 Å². The maximum atomic E-state index is 12.0. The number of nitrogens with two attached hydrogens (primary N) is 1. The molecular weight excluding hydrogens is 256 g/mol. The summed E-state index contributed by atoms with van der Waals surface area (Å²) >= 11 is 0. The molecule has 0 bridgehead atoms. The summed E-state index contributed by atoms with van der Waals surface area (Å²) in [5.74, 6) is -0.278. The molecule has 0 fully saturated rings. The number of carbonyl (C=O) groups is 2. The number of hydrogen-bond acceptors (Lipinski definition) is 4. The van der Waals surface area contributed by atoms with Gasteiger partial charge in [-0.1, -0.05) is 24.8 Å². The van der Waals surface area contributed by atoms with E-state index in [4.69, 9.17) is 10.5 Å². The molecule has 1 unspecified atom stereocenters. The van der Waals surface area contributed by atoms with Gasteiger partial charge in [0.05, 0.1) is 0 Å². The summed E-state index contributed by atoms with van der Waals surface area (Å²) in [7, 11) is 0. The van der Waals surface area contributed by atoms with Crippen LogP contribution in [-0.4, -0.2) is 25.2 Å². The van der Waals surface area contributed by atoms with Gasteiger partial charge in [0.25, 0.3) is 12.4 Å². The van der Waals surface area contributed by atoms with E-state index in [1.54, 1.807) is 30.3 Å². The number of rotatable bonds is 9. The Morgan fingerprint density at radius 3 is 2.60 bits per heavy atom. The molecule has 0 spiro atoms. The van der Waals surface area contributed by atoms with Gasteiger partial charge in [-0.25, -0.2) is 0 Å². The van der Waals surface area contributed by atoms with Crippen LogP contribution in [0.3, 0.4) is 0 Å². The number of hydrogen-bond donors (Lipinski definition) is 2. The quantitative estimate of drug-likeness (QED) is 0.408. The van der Waals surface area contributed by atoms with E-state index < -0.39 is 6.23 Å². The molecule has 0 aliphatic heterocycles. The van der Waals surface area contributed by atoms with Crippen molar-refractivity contribution in [1.29, 1.82) is 0 Å². The van der Waals surface area contributed by atoms with E-state index in [-0.39, 0.29) is 5.91 Å². The molecule has 0 aliphatic rings. The first-order valence-electron chi connectivity index (χ1n) is 6.53. The molecule has 0 aliphatic carbocycles. The van der Waals surface area contributed by atoms with Crippen LogP contribution in [0.1, 0.15) is 35.2 Å². The summed E-state index contributed by atoms with van der Waals surface area (Å²) in [5, 5.41) is 2.67. The van der Waals surface area contributed by atoms with Crippen LogP contribution in [0, 0.1) is 0 Å². The first-order chi connectivity index (χ1) is 9.71. The molecule has 0 saturated heterocycles. The van der Waals surface area contributed by atoms with E-state index in [0.29, 0.717) is 25.0 Å². The van der Waals surface area contributed by atoms with Crippen LogP contribution in [0.15, 0.2) is 30.8 Å². The summed E-state index contributed by atoms with van der Waals surface area (Å²) in [6, 6.07) is 6.99. The molecule has 1 atom stereocenters. The molecule has 5 nitrogen and oxygen atoms in total. The van der Waals surface area contributed by atoms with E-state index in [1.807, 2.05) is 0 Å². The molecular formula is C15H20N2O3. The highest BCUT2D eigenvalue weighted by molar-refractivity contribution is 5.94. The van der Waals surface area contributed by atoms with E-state index in [1.165, 1.54) is 0 Å². The highest BCUT2D eigenvalue weighted by atomic mass is 16.5. The normalized spacial score (nSPS) is 11.4. The van der Waals surface area contributed by atoms with E-state index in [2.05, 4.69) is 11.9 Å². The van der Waals surface area contributed by atoms with E-state index in [0.717, 1.165) is 18.4 Å². The van der Waals surface area contributed by atoms with Crippen molar-refractivity contribution in [1.82, 2.24) is 5.32 Å². The summed E-state index contributed by atoms with van der Waals surface area (Å²) in [6.45, 7) is 4.57. The lowest BCUT2D eigenvalue weighted by atomic mass is 10.1. The minimum absolute atomic E-state index is 0.278. The Hall–Kier alpha value is -2.14. The molecule has 108 valence electrons. The molecule has 0 radical (unpaired) electrons. The fourth-order valence-electron chi connectivity index (χ4n) is 1.72. The van der Waals surface area contributed by atoms with Gasteiger partial charge in [0.1, 0.15) is 0 Å². The molecule has 1 amide bonds. The van der Waals surface area contributed by atoms with Crippen molar-refractivity contribution in [3.63, 3.8) is 0 Å². The van der Waals surface area contributed by atoms with Gasteiger partial charge in [-0.05, 0) is 37.1 Å². The van der Waals surface area contributed by atoms with E-state index >= 15 is 0 Å². The third-order valence-corrected chi connectivity index (χ3v) is 2.84. The van der Waals surface area contributed by atoms with Gasteiger partial charge in [0.2, 0.25) is 0 Å². The number of carbonyl (C=O) groups excluding carboxylic acids is 2. The number of ether oxygens (including phenoxy) is 1. The fourth-order valence-corrected chi connectivity index (χ4v) is 1.72. The van der Waals surface area contributed by atoms with Crippen LogP contribution in [0.2, 0.25) is 0 Å². The lowest BCUT2D eigenvalue weighted by Crippen LogP contribution is -2.36. The van der Waals surface area contributed by atoms with Gasteiger partial charge in [0.15, 0.2) is 6.23 Å². The molecule has 1 rings (SSSR count). The predicted molar refractivity (Wildman–Crippen MR) is 77.8 cm³/mol. The van der Waals surface area contributed by atoms with Crippen LogP contribution in [-0.2, 0) is 9.53 Å². The second-order valence-corrected chi connectivity index (χ2v) is 4.31. The minimum Gasteiger partial charge on any atom is -0.444 e. The fraction of sp³-hybridized carbons (Fsp3) is 0.333. The lowest BCUT2D eigenvalue weighted by molar-refractivity contribution is -0.134. The molecule has 0 heterocycles. The Morgan fingerprint density at radius 2 is 2.05 bits per heavy atom. The average molecular weight is 276 g/mol. The molecule has 1 aromatic carbocycles. The average Bonchev–Trinajstić information content (AvgIpc) is 2.47. The molecule has 20 heavy (non-hydrogen) atoms. The molecule has 0 saturated carbocycles. The topological polar surface area (TPSA) is 81.4 Å². The third-order valence-electron chi connectivity index (χ3n) is 2.84. The van der Waals surface area contributed by atoms with Gasteiger partial charge in [-0.2, -0.15) is 0 Å². The van der Waals surface area contributed by atoms with Crippen molar-refractivity contribution in [2.24, 2.45) is 5.73 Å². The van der Waals surface area contributed by atoms with Gasteiger partial charge >= 0.3 is 0 Å². The zero-order valence-electron chi connectivity index (χ0n) is 11.4. The van der Waals surface area contributed by atoms with Crippen LogP contribution in [0.25, 0.3) is 6.08 Å². The zero-order valence-corrected chi connectivity index (χ0v) is 11.4. The molecule has 0 aromatic heterocycles. The molecule has 1 aromatic rings. The van der Waals surface area contributed by atoms with Gasteiger partial charge in [0, 0.05) is 12.0 Å². The largest absolute Gasteiger partial charge is 0.444 e. The number of amides is 1. The highest BCUT2D eigenvalue weighted by Crippen LogP contribution is 2.07. The van der Waals surface area contributed by atoms with Gasteiger partial charge in [-0.15, -0.1) is 0 Å². The zero-order chi connectivity index (χ0) is 14.8. The van der Waals surface area contributed by atoms with Gasteiger partial charge in [-0.3, -0.25) is 9.59 Å². The molecule has 5 heteroatoms. The lowest BCUT2D eigenvalue weighted by Gasteiger charge is -2.16. The number of unbranched alkanes of at least 4 members (excludes halogenated alkanes) is 1. The van der Waals surface area contributed by atoms with E-state index in [9.17, 15) is 9.59 Å². The predicted octanol–water partition coefficient (Wildman–Crippen LogP) is 1.69. The Kier molecular flexibility index (Phi) is 7.06. The Bertz CT molecular complexity index is 443. The third kappa shape index (κ3) is 5.24. The van der Waals surface area contributed by atoms with Crippen LogP contribution in [0.4, 0.5) is 0 Å². The monoisotopic (exact) mass is 276 g/mol. The standard InChI is InChI=1S/C15H20N2O3/c1-2-12-6-8-13(9-7-12)15(19)17-14(20-11-18)5-3-4-10-16/h2,6-9,11,14H,1,3-5,10,16H2,(H,17,19). The number of benzene rings is 1. The van der Waals surface area contributed by atoms with Crippen LogP contribution < -0.4 is 11.1 Å². The first kappa shape index (κ1) is 15.9. The Labute approximate surface area is 118 Å². The summed E-state index contributed by atoms with van der Waals surface area (Å²) in [4.78, 5) is 22.4. The minimum atomic E-state index is -0.620. The second kappa shape index (κ2) is 8.87.